The van der Waals surface area contributed by atoms with E-state index in [0.29, 0.717) is 5.92 Å². The molecule has 0 bridgehead atoms. The Morgan fingerprint density at radius 1 is 1.31 bits per heavy atom. The second-order valence-electron chi connectivity index (χ2n) is 2.87. The fraction of sp³-hybridized carbons (Fsp3) is 0.636. The van der Waals surface area contributed by atoms with Crippen LogP contribution >= 0.6 is 0 Å². The van der Waals surface area contributed by atoms with E-state index in [1.54, 1.807) is 7.05 Å². The van der Waals surface area contributed by atoms with Crippen LogP contribution < -0.4 is 0 Å². The van der Waals surface area contributed by atoms with Crippen LogP contribution in [0, 0.1) is 5.92 Å². The van der Waals surface area contributed by atoms with Gasteiger partial charge in [-0.25, -0.2) is 0 Å². The van der Waals surface area contributed by atoms with Gasteiger partial charge in [0.15, 0.2) is 0 Å². The number of nitrogens with zero attached hydrogens (tertiary/aromatic N) is 2. The molecule has 0 aromatic rings. The van der Waals surface area contributed by atoms with E-state index < -0.39 is 0 Å². The van der Waals surface area contributed by atoms with Crippen molar-refractivity contribution in [3.05, 3.63) is 23.9 Å². The molecule has 2 nitrogen and oxygen atoms in total. The fourth-order valence-corrected chi connectivity index (χ4v) is 0.679. The summed E-state index contributed by atoms with van der Waals surface area (Å²) in [4.78, 5) is 0. The van der Waals surface area contributed by atoms with E-state index in [4.69, 9.17) is 0 Å². The van der Waals surface area contributed by atoms with Gasteiger partial charge < -0.3 is 0 Å². The Labute approximate surface area is 82.5 Å². The molecule has 0 aliphatic heterocycles. The van der Waals surface area contributed by atoms with Gasteiger partial charge in [0.25, 0.3) is 0 Å². The molecule has 0 spiro atoms. The molecule has 13 heavy (non-hydrogen) atoms. The number of hydrogen-bond acceptors (Lipinski definition) is 2. The summed E-state index contributed by atoms with van der Waals surface area (Å²) in [7, 11) is 1.68. The van der Waals surface area contributed by atoms with E-state index in [9.17, 15) is 0 Å². The number of rotatable bonds is 3. The molecule has 0 amide bonds. The molecule has 0 unspecified atom stereocenters. The van der Waals surface area contributed by atoms with E-state index in [0.717, 1.165) is 11.3 Å². The highest BCUT2D eigenvalue weighted by molar-refractivity contribution is 5.18. The van der Waals surface area contributed by atoms with Gasteiger partial charge in [-0.15, -0.1) is 0 Å². The topological polar surface area (TPSA) is 24.7 Å². The van der Waals surface area contributed by atoms with Crippen molar-refractivity contribution >= 4 is 0 Å². The van der Waals surface area contributed by atoms with Gasteiger partial charge in [-0.2, -0.15) is 10.2 Å². The Morgan fingerprint density at radius 3 is 2.00 bits per heavy atom. The van der Waals surface area contributed by atoms with Crippen LogP contribution in [0.1, 0.15) is 34.6 Å². The first-order valence-corrected chi connectivity index (χ1v) is 4.75. The molecule has 2 heteroatoms. The molecule has 0 atom stereocenters. The Morgan fingerprint density at radius 2 is 1.77 bits per heavy atom. The van der Waals surface area contributed by atoms with Crippen LogP contribution in [0.4, 0.5) is 0 Å². The summed E-state index contributed by atoms with van der Waals surface area (Å²) in [5, 5.41) is 7.72. The van der Waals surface area contributed by atoms with Crippen LogP contribution in [-0.2, 0) is 0 Å². The Bertz CT molecular complexity index is 188. The molecule has 0 aromatic heterocycles. The molecule has 0 aliphatic carbocycles. The van der Waals surface area contributed by atoms with Crippen LogP contribution in [-0.4, -0.2) is 7.05 Å². The summed E-state index contributed by atoms with van der Waals surface area (Å²) in [6.45, 7) is 13.9. The van der Waals surface area contributed by atoms with E-state index in [-0.39, 0.29) is 0 Å². The number of azo groups is 1. The minimum absolute atomic E-state index is 0.412. The first-order chi connectivity index (χ1) is 6.07. The van der Waals surface area contributed by atoms with Crippen LogP contribution in [0.25, 0.3) is 0 Å². The largest absolute Gasteiger partial charge is 0.192 e. The maximum Gasteiger partial charge on any atom is 0.0653 e. The van der Waals surface area contributed by atoms with E-state index in [1.807, 2.05) is 26.8 Å². The minimum atomic E-state index is 0.412. The van der Waals surface area contributed by atoms with E-state index in [2.05, 4.69) is 30.7 Å². The first kappa shape index (κ1) is 14.6. The molecule has 0 saturated carbocycles. The van der Waals surface area contributed by atoms with Crippen molar-refractivity contribution in [2.24, 2.45) is 16.1 Å². The number of hydrogen-bond donors (Lipinski definition) is 0. The van der Waals surface area contributed by atoms with Gasteiger partial charge in [-0.05, 0) is 18.9 Å². The molecule has 0 saturated heterocycles. The van der Waals surface area contributed by atoms with Crippen molar-refractivity contribution in [2.45, 2.75) is 34.6 Å². The predicted molar refractivity (Wildman–Crippen MR) is 59.9 cm³/mol. The molecule has 0 fully saturated rings. The van der Waals surface area contributed by atoms with E-state index in [1.165, 1.54) is 0 Å². The lowest BCUT2D eigenvalue weighted by Gasteiger charge is -2.02. The van der Waals surface area contributed by atoms with Gasteiger partial charge >= 0.3 is 0 Å². The minimum Gasteiger partial charge on any atom is -0.192 e. The zero-order valence-corrected chi connectivity index (χ0v) is 9.76. The van der Waals surface area contributed by atoms with Gasteiger partial charge in [0.05, 0.1) is 5.70 Å². The van der Waals surface area contributed by atoms with Gasteiger partial charge in [0.2, 0.25) is 0 Å². The zero-order valence-electron chi connectivity index (χ0n) is 9.76. The molecule has 76 valence electrons. The SMILES string of the molecule is C=C(C)/C=C(\N=NC)C(C)C.CC. The second-order valence-corrected chi connectivity index (χ2v) is 2.87. The average Bonchev–Trinajstić information content (AvgIpc) is 2.06. The average molecular weight is 182 g/mol. The molecular formula is C11H22N2. The van der Waals surface area contributed by atoms with Crippen LogP contribution in [0.3, 0.4) is 0 Å². The third kappa shape index (κ3) is 8.99. The summed E-state index contributed by atoms with van der Waals surface area (Å²) in [6.07, 6.45) is 1.96. The highest BCUT2D eigenvalue weighted by Gasteiger charge is 1.99. The number of allylic oxidation sites excluding steroid dienone is 3. The lowest BCUT2D eigenvalue weighted by Crippen LogP contribution is -1.90. The van der Waals surface area contributed by atoms with Crippen LogP contribution in [0.15, 0.2) is 34.2 Å². The highest BCUT2D eigenvalue weighted by atomic mass is 15.1. The van der Waals surface area contributed by atoms with Crippen molar-refractivity contribution in [1.29, 1.82) is 0 Å². The first-order valence-electron chi connectivity index (χ1n) is 4.75. The maximum atomic E-state index is 3.99. The van der Waals surface area contributed by atoms with Crippen molar-refractivity contribution in [1.82, 2.24) is 0 Å². The van der Waals surface area contributed by atoms with Gasteiger partial charge in [0.1, 0.15) is 0 Å². The third-order valence-corrected chi connectivity index (χ3v) is 1.20. The van der Waals surface area contributed by atoms with E-state index >= 15 is 0 Å². The Balaban J connectivity index is 0. The Hall–Kier alpha value is -0.920. The van der Waals surface area contributed by atoms with Crippen molar-refractivity contribution in [3.8, 4) is 0 Å². The smallest absolute Gasteiger partial charge is 0.0653 e. The Kier molecular flexibility index (Phi) is 10.3. The zero-order chi connectivity index (χ0) is 10.9. The molecule has 0 aromatic carbocycles. The summed E-state index contributed by atoms with van der Waals surface area (Å²) in [5.74, 6) is 0.412. The molecule has 0 heterocycles. The molecule has 0 N–H and O–H groups in total. The summed E-state index contributed by atoms with van der Waals surface area (Å²) >= 11 is 0. The standard InChI is InChI=1S/C9H16N2.C2H6/c1-7(2)6-9(8(3)4)11-10-5;1-2/h6,8H,1H2,2-5H3;1-2H3/b9-6-,11-10?;. The van der Waals surface area contributed by atoms with Gasteiger partial charge in [-0.1, -0.05) is 39.8 Å². The third-order valence-electron chi connectivity index (χ3n) is 1.20. The van der Waals surface area contributed by atoms with Gasteiger partial charge in [-0.3, -0.25) is 0 Å². The monoisotopic (exact) mass is 182 g/mol. The molecule has 0 radical (unpaired) electrons. The maximum absolute atomic E-state index is 3.99. The molecular weight excluding hydrogens is 160 g/mol. The summed E-state index contributed by atoms with van der Waals surface area (Å²) < 4.78 is 0. The predicted octanol–water partition coefficient (Wildman–Crippen LogP) is 4.21. The normalized spacial score (nSPS) is 11.5. The van der Waals surface area contributed by atoms with Crippen LogP contribution in [0.2, 0.25) is 0 Å². The fourth-order valence-electron chi connectivity index (χ4n) is 0.679. The lowest BCUT2D eigenvalue weighted by molar-refractivity contribution is 0.737. The van der Waals surface area contributed by atoms with Gasteiger partial charge in [0, 0.05) is 7.05 Å². The van der Waals surface area contributed by atoms with Crippen molar-refractivity contribution in [3.63, 3.8) is 0 Å². The summed E-state index contributed by atoms with van der Waals surface area (Å²) in [5.41, 5.74) is 2.00. The van der Waals surface area contributed by atoms with Crippen molar-refractivity contribution < 1.29 is 0 Å². The van der Waals surface area contributed by atoms with Crippen molar-refractivity contribution in [2.75, 3.05) is 7.05 Å². The summed E-state index contributed by atoms with van der Waals surface area (Å²) in [6, 6.07) is 0. The molecule has 0 aliphatic rings. The highest BCUT2D eigenvalue weighted by Crippen LogP contribution is 2.13. The lowest BCUT2D eigenvalue weighted by atomic mass is 10.1. The quantitative estimate of drug-likeness (QED) is 0.461. The molecule has 0 rings (SSSR count). The van der Waals surface area contributed by atoms with Crippen LogP contribution in [0.5, 0.6) is 0 Å². The second kappa shape index (κ2) is 9.17.